The Bertz CT molecular complexity index is 642. The van der Waals surface area contributed by atoms with Gasteiger partial charge in [0.2, 0.25) is 0 Å². The quantitative estimate of drug-likeness (QED) is 0.520. The van der Waals surface area contributed by atoms with Gasteiger partial charge in [-0.25, -0.2) is 4.39 Å². The van der Waals surface area contributed by atoms with Crippen LogP contribution < -0.4 is 0 Å². The summed E-state index contributed by atoms with van der Waals surface area (Å²) in [5.41, 5.74) is -1.34. The lowest BCUT2D eigenvalue weighted by Crippen LogP contribution is -2.05. The van der Waals surface area contributed by atoms with Gasteiger partial charge < -0.3 is 0 Å². The largest absolute Gasteiger partial charge is 0.416 e. The first kappa shape index (κ1) is 15.4. The second-order valence-corrected chi connectivity index (χ2v) is 5.19. The van der Waals surface area contributed by atoms with Crippen molar-refractivity contribution in [1.82, 2.24) is 0 Å². The predicted octanol–water partition coefficient (Wildman–Crippen LogP) is 6.47. The summed E-state index contributed by atoms with van der Waals surface area (Å²) in [5.74, 6) is -0.857. The zero-order valence-electron chi connectivity index (χ0n) is 9.53. The van der Waals surface area contributed by atoms with E-state index in [4.69, 9.17) is 34.8 Å². The number of halogens is 7. The molecule has 0 unspecified atom stereocenters. The molecule has 0 saturated carbocycles. The zero-order valence-corrected chi connectivity index (χ0v) is 11.8. The summed E-state index contributed by atoms with van der Waals surface area (Å²) < 4.78 is 51.8. The molecule has 20 heavy (non-hydrogen) atoms. The second kappa shape index (κ2) is 5.43. The van der Waals surface area contributed by atoms with Crippen LogP contribution >= 0.6 is 34.8 Å². The molecule has 0 aliphatic carbocycles. The number of hydrogen-bond acceptors (Lipinski definition) is 0. The fourth-order valence-electron chi connectivity index (χ4n) is 1.69. The van der Waals surface area contributed by atoms with Gasteiger partial charge in [-0.05, 0) is 30.3 Å². The van der Waals surface area contributed by atoms with Crippen LogP contribution in [0.1, 0.15) is 5.56 Å². The monoisotopic (exact) mass is 342 g/mol. The molecule has 0 aromatic heterocycles. The Morgan fingerprint density at radius 3 is 1.90 bits per heavy atom. The SMILES string of the molecule is Fc1ccc(C(F)(F)F)cc1-c1c(Cl)cc(Cl)cc1Cl. The molecule has 0 N–H and O–H groups in total. The molecule has 106 valence electrons. The van der Waals surface area contributed by atoms with E-state index < -0.39 is 17.6 Å². The predicted molar refractivity (Wildman–Crippen MR) is 71.9 cm³/mol. The summed E-state index contributed by atoms with van der Waals surface area (Å²) in [5, 5.41) is 0.151. The summed E-state index contributed by atoms with van der Waals surface area (Å²) in [7, 11) is 0. The summed E-state index contributed by atoms with van der Waals surface area (Å²) in [6, 6.07) is 4.60. The molecule has 7 heteroatoms. The van der Waals surface area contributed by atoms with Crippen LogP contribution in [0.3, 0.4) is 0 Å². The summed E-state index contributed by atoms with van der Waals surface area (Å²) in [6.45, 7) is 0. The molecular formula is C13H5Cl3F4. The molecule has 0 amide bonds. The maximum absolute atomic E-state index is 13.8. The first-order valence-corrected chi connectivity index (χ1v) is 6.35. The number of hydrogen-bond donors (Lipinski definition) is 0. The molecule has 0 radical (unpaired) electrons. The van der Waals surface area contributed by atoms with Gasteiger partial charge in [0.05, 0.1) is 15.6 Å². The summed E-state index contributed by atoms with van der Waals surface area (Å²) >= 11 is 17.5. The van der Waals surface area contributed by atoms with Crippen molar-refractivity contribution < 1.29 is 17.6 Å². The van der Waals surface area contributed by atoms with Crippen molar-refractivity contribution in [3.8, 4) is 11.1 Å². The molecule has 0 nitrogen and oxygen atoms in total. The smallest absolute Gasteiger partial charge is 0.206 e. The van der Waals surface area contributed by atoms with Crippen molar-refractivity contribution in [1.29, 1.82) is 0 Å². The van der Waals surface area contributed by atoms with Gasteiger partial charge in [-0.15, -0.1) is 0 Å². The fraction of sp³-hybridized carbons (Fsp3) is 0.0769. The van der Waals surface area contributed by atoms with E-state index in [1.807, 2.05) is 0 Å². The van der Waals surface area contributed by atoms with Crippen molar-refractivity contribution in [2.24, 2.45) is 0 Å². The highest BCUT2D eigenvalue weighted by atomic mass is 35.5. The van der Waals surface area contributed by atoms with Crippen molar-refractivity contribution in [2.75, 3.05) is 0 Å². The van der Waals surface area contributed by atoms with Gasteiger partial charge in [-0.1, -0.05) is 34.8 Å². The third kappa shape index (κ3) is 3.03. The van der Waals surface area contributed by atoms with Crippen molar-refractivity contribution in [3.63, 3.8) is 0 Å². The maximum atomic E-state index is 13.8. The van der Waals surface area contributed by atoms with Crippen molar-refractivity contribution in [3.05, 3.63) is 56.8 Å². The maximum Gasteiger partial charge on any atom is 0.416 e. The van der Waals surface area contributed by atoms with E-state index in [1.54, 1.807) is 0 Å². The minimum atomic E-state index is -4.59. The van der Waals surface area contributed by atoms with E-state index in [-0.39, 0.29) is 26.2 Å². The fourth-order valence-corrected chi connectivity index (χ4v) is 2.71. The van der Waals surface area contributed by atoms with E-state index in [0.29, 0.717) is 12.1 Å². The Hall–Kier alpha value is -0.970. The molecule has 0 aliphatic heterocycles. The Balaban J connectivity index is 2.70. The first-order chi connectivity index (χ1) is 9.20. The van der Waals surface area contributed by atoms with Crippen LogP contribution in [-0.4, -0.2) is 0 Å². The average molecular weight is 344 g/mol. The van der Waals surface area contributed by atoms with Crippen LogP contribution in [0, 0.1) is 5.82 Å². The van der Waals surface area contributed by atoms with E-state index in [9.17, 15) is 17.6 Å². The average Bonchev–Trinajstić information content (AvgIpc) is 2.28. The van der Waals surface area contributed by atoms with Gasteiger partial charge in [0.1, 0.15) is 5.82 Å². The summed E-state index contributed by atoms with van der Waals surface area (Å²) in [6.07, 6.45) is -4.59. The van der Waals surface area contributed by atoms with Crippen LogP contribution in [-0.2, 0) is 6.18 Å². The highest BCUT2D eigenvalue weighted by Crippen LogP contribution is 2.40. The molecule has 0 atom stereocenters. The van der Waals surface area contributed by atoms with Gasteiger partial charge in [0, 0.05) is 16.1 Å². The zero-order chi connectivity index (χ0) is 15.1. The van der Waals surface area contributed by atoms with E-state index >= 15 is 0 Å². The molecular weight excluding hydrogens is 338 g/mol. The Morgan fingerprint density at radius 1 is 0.850 bits per heavy atom. The Morgan fingerprint density at radius 2 is 1.40 bits per heavy atom. The van der Waals surface area contributed by atoms with Gasteiger partial charge in [0.25, 0.3) is 0 Å². The minimum absolute atomic E-state index is 0.0265. The Kier molecular flexibility index (Phi) is 4.19. The van der Waals surface area contributed by atoms with Gasteiger partial charge in [0.15, 0.2) is 0 Å². The number of alkyl halides is 3. The van der Waals surface area contributed by atoms with E-state index in [1.165, 1.54) is 12.1 Å². The first-order valence-electron chi connectivity index (χ1n) is 5.22. The van der Waals surface area contributed by atoms with Crippen LogP contribution in [0.2, 0.25) is 15.1 Å². The minimum Gasteiger partial charge on any atom is -0.206 e. The summed E-state index contributed by atoms with van der Waals surface area (Å²) in [4.78, 5) is 0. The lowest BCUT2D eigenvalue weighted by Gasteiger charge is -2.12. The number of benzene rings is 2. The topological polar surface area (TPSA) is 0 Å². The van der Waals surface area contributed by atoms with Crippen molar-refractivity contribution in [2.45, 2.75) is 6.18 Å². The normalized spacial score (nSPS) is 11.8. The molecule has 0 saturated heterocycles. The molecule has 0 fully saturated rings. The van der Waals surface area contributed by atoms with Crippen LogP contribution in [0.5, 0.6) is 0 Å². The van der Waals surface area contributed by atoms with Gasteiger partial charge in [-0.2, -0.15) is 13.2 Å². The van der Waals surface area contributed by atoms with Crippen LogP contribution in [0.25, 0.3) is 11.1 Å². The third-order valence-corrected chi connectivity index (χ3v) is 3.38. The molecule has 2 aromatic rings. The second-order valence-electron chi connectivity index (χ2n) is 3.94. The molecule has 0 bridgehead atoms. The van der Waals surface area contributed by atoms with Crippen LogP contribution in [0.15, 0.2) is 30.3 Å². The Labute approximate surface area is 126 Å². The van der Waals surface area contributed by atoms with E-state index in [0.717, 1.165) is 6.07 Å². The molecule has 0 spiro atoms. The highest BCUT2D eigenvalue weighted by Gasteiger charge is 2.31. The highest BCUT2D eigenvalue weighted by molar-refractivity contribution is 6.41. The molecule has 0 aliphatic rings. The van der Waals surface area contributed by atoms with Gasteiger partial charge >= 0.3 is 6.18 Å². The van der Waals surface area contributed by atoms with Crippen molar-refractivity contribution >= 4 is 34.8 Å². The van der Waals surface area contributed by atoms with E-state index in [2.05, 4.69) is 0 Å². The molecule has 0 heterocycles. The molecule has 2 rings (SSSR count). The standard InChI is InChI=1S/C13H5Cl3F4/c14-7-4-9(15)12(10(16)5-7)8-3-6(13(18,19)20)1-2-11(8)17/h1-5H. The van der Waals surface area contributed by atoms with Gasteiger partial charge in [-0.3, -0.25) is 0 Å². The third-order valence-electron chi connectivity index (χ3n) is 2.57. The molecule has 2 aromatic carbocycles. The lowest BCUT2D eigenvalue weighted by atomic mass is 10.0. The number of rotatable bonds is 1. The lowest BCUT2D eigenvalue weighted by molar-refractivity contribution is -0.137. The van der Waals surface area contributed by atoms with Crippen LogP contribution in [0.4, 0.5) is 17.6 Å².